The van der Waals surface area contributed by atoms with E-state index in [0.717, 1.165) is 12.0 Å². The second-order valence-electron chi connectivity index (χ2n) is 5.48. The van der Waals surface area contributed by atoms with E-state index < -0.39 is 5.54 Å². The Morgan fingerprint density at radius 3 is 2.59 bits per heavy atom. The molecule has 2 N–H and O–H groups in total. The van der Waals surface area contributed by atoms with Gasteiger partial charge in [0, 0.05) is 5.54 Å². The molecule has 2 heteroatoms. The highest BCUT2D eigenvalue weighted by Gasteiger charge is 2.24. The van der Waals surface area contributed by atoms with Crippen LogP contribution in [-0.4, -0.2) is 0 Å². The van der Waals surface area contributed by atoms with Gasteiger partial charge in [-0.25, -0.2) is 4.39 Å². The predicted molar refractivity (Wildman–Crippen MR) is 71.4 cm³/mol. The number of aryl methyl sites for hydroxylation is 1. The SMILES string of the molecule is CCCC(C)CC(C)(N)c1ccc(C)c(F)c1. The summed E-state index contributed by atoms with van der Waals surface area (Å²) in [5.74, 6) is 0.404. The van der Waals surface area contributed by atoms with Crippen molar-refractivity contribution in [3.05, 3.63) is 35.1 Å². The standard InChI is InChI=1S/C15H24FN/c1-5-6-11(2)10-15(4,17)13-8-7-12(3)14(16)9-13/h7-9,11H,5-6,10,17H2,1-4H3. The lowest BCUT2D eigenvalue weighted by molar-refractivity contribution is 0.345. The minimum Gasteiger partial charge on any atom is -0.322 e. The fourth-order valence-electron chi connectivity index (χ4n) is 2.38. The first-order valence-corrected chi connectivity index (χ1v) is 6.42. The van der Waals surface area contributed by atoms with Crippen molar-refractivity contribution in [1.29, 1.82) is 0 Å². The summed E-state index contributed by atoms with van der Waals surface area (Å²) in [6.07, 6.45) is 3.23. The second-order valence-corrected chi connectivity index (χ2v) is 5.48. The van der Waals surface area contributed by atoms with Crippen molar-refractivity contribution in [2.24, 2.45) is 11.7 Å². The van der Waals surface area contributed by atoms with Crippen molar-refractivity contribution in [2.75, 3.05) is 0 Å². The molecule has 1 nitrogen and oxygen atoms in total. The van der Waals surface area contributed by atoms with E-state index in [1.165, 1.54) is 12.8 Å². The largest absolute Gasteiger partial charge is 0.322 e. The van der Waals surface area contributed by atoms with E-state index in [4.69, 9.17) is 5.73 Å². The third-order valence-electron chi connectivity index (χ3n) is 3.39. The molecular formula is C15H24FN. The molecule has 2 unspecified atom stereocenters. The van der Waals surface area contributed by atoms with E-state index in [9.17, 15) is 4.39 Å². The summed E-state index contributed by atoms with van der Waals surface area (Å²) in [6, 6.07) is 5.32. The topological polar surface area (TPSA) is 26.0 Å². The molecule has 96 valence electrons. The summed E-state index contributed by atoms with van der Waals surface area (Å²) in [6.45, 7) is 8.14. The lowest BCUT2D eigenvalue weighted by Crippen LogP contribution is -2.35. The molecule has 0 saturated heterocycles. The van der Waals surface area contributed by atoms with Crippen LogP contribution in [0, 0.1) is 18.7 Å². The summed E-state index contributed by atoms with van der Waals surface area (Å²) in [7, 11) is 0. The monoisotopic (exact) mass is 237 g/mol. The average Bonchev–Trinajstić information content (AvgIpc) is 2.21. The summed E-state index contributed by atoms with van der Waals surface area (Å²) in [5.41, 5.74) is 7.44. The minimum absolute atomic E-state index is 0.165. The molecule has 0 aliphatic carbocycles. The van der Waals surface area contributed by atoms with Crippen molar-refractivity contribution >= 4 is 0 Å². The molecule has 1 aromatic carbocycles. The minimum atomic E-state index is -0.441. The number of hydrogen-bond donors (Lipinski definition) is 1. The van der Waals surface area contributed by atoms with Gasteiger partial charge >= 0.3 is 0 Å². The molecule has 0 bridgehead atoms. The molecule has 1 aromatic rings. The Morgan fingerprint density at radius 1 is 1.41 bits per heavy atom. The fourth-order valence-corrected chi connectivity index (χ4v) is 2.38. The van der Waals surface area contributed by atoms with E-state index in [2.05, 4.69) is 13.8 Å². The Labute approximate surface area is 104 Å². The van der Waals surface area contributed by atoms with Gasteiger partial charge in [-0.2, -0.15) is 0 Å². The van der Waals surface area contributed by atoms with Crippen molar-refractivity contribution in [3.8, 4) is 0 Å². The van der Waals surface area contributed by atoms with Crippen LogP contribution < -0.4 is 5.73 Å². The molecule has 0 aromatic heterocycles. The first kappa shape index (κ1) is 14.2. The zero-order valence-corrected chi connectivity index (χ0v) is 11.4. The van der Waals surface area contributed by atoms with Crippen LogP contribution in [0.4, 0.5) is 4.39 Å². The van der Waals surface area contributed by atoms with E-state index in [0.29, 0.717) is 11.5 Å². The summed E-state index contributed by atoms with van der Waals surface area (Å²) in [5, 5.41) is 0. The third-order valence-corrected chi connectivity index (χ3v) is 3.39. The van der Waals surface area contributed by atoms with Crippen molar-refractivity contribution in [1.82, 2.24) is 0 Å². The molecule has 2 atom stereocenters. The van der Waals surface area contributed by atoms with Gasteiger partial charge in [-0.15, -0.1) is 0 Å². The van der Waals surface area contributed by atoms with Gasteiger partial charge in [0.1, 0.15) is 5.82 Å². The number of hydrogen-bond acceptors (Lipinski definition) is 1. The second kappa shape index (κ2) is 5.63. The summed E-state index contributed by atoms with van der Waals surface area (Å²) < 4.78 is 13.5. The molecule has 0 saturated carbocycles. The molecule has 0 aliphatic rings. The van der Waals surface area contributed by atoms with Gasteiger partial charge < -0.3 is 5.73 Å². The lowest BCUT2D eigenvalue weighted by Gasteiger charge is -2.28. The van der Waals surface area contributed by atoms with Crippen LogP contribution >= 0.6 is 0 Å². The van der Waals surface area contributed by atoms with Crippen molar-refractivity contribution < 1.29 is 4.39 Å². The van der Waals surface area contributed by atoms with E-state index in [-0.39, 0.29) is 5.82 Å². The Bertz CT molecular complexity index is 371. The van der Waals surface area contributed by atoms with Gasteiger partial charge in [-0.1, -0.05) is 38.8 Å². The highest BCUT2D eigenvalue weighted by Crippen LogP contribution is 2.28. The zero-order valence-electron chi connectivity index (χ0n) is 11.4. The van der Waals surface area contributed by atoms with Crippen LogP contribution in [-0.2, 0) is 5.54 Å². The molecule has 17 heavy (non-hydrogen) atoms. The van der Waals surface area contributed by atoms with E-state index in [1.807, 2.05) is 13.0 Å². The fraction of sp³-hybridized carbons (Fsp3) is 0.600. The van der Waals surface area contributed by atoms with Crippen molar-refractivity contribution in [2.45, 2.75) is 52.5 Å². The van der Waals surface area contributed by atoms with E-state index in [1.54, 1.807) is 19.1 Å². The summed E-state index contributed by atoms with van der Waals surface area (Å²) in [4.78, 5) is 0. The highest BCUT2D eigenvalue weighted by atomic mass is 19.1. The van der Waals surface area contributed by atoms with Crippen LogP contribution in [0.3, 0.4) is 0 Å². The van der Waals surface area contributed by atoms with E-state index >= 15 is 0 Å². The maximum absolute atomic E-state index is 13.5. The van der Waals surface area contributed by atoms with Crippen molar-refractivity contribution in [3.63, 3.8) is 0 Å². The first-order chi connectivity index (χ1) is 7.86. The van der Waals surface area contributed by atoms with Crippen LogP contribution in [0.25, 0.3) is 0 Å². The van der Waals surface area contributed by atoms with Crippen LogP contribution in [0.15, 0.2) is 18.2 Å². The molecular weight excluding hydrogens is 213 g/mol. The maximum Gasteiger partial charge on any atom is 0.126 e. The number of halogens is 1. The average molecular weight is 237 g/mol. The molecule has 0 radical (unpaired) electrons. The Kier molecular flexibility index (Phi) is 4.70. The first-order valence-electron chi connectivity index (χ1n) is 6.42. The number of rotatable bonds is 5. The molecule has 0 amide bonds. The van der Waals surface area contributed by atoms with Crippen LogP contribution in [0.2, 0.25) is 0 Å². The van der Waals surface area contributed by atoms with Gasteiger partial charge in [0.2, 0.25) is 0 Å². The van der Waals surface area contributed by atoms with Gasteiger partial charge in [-0.05, 0) is 43.4 Å². The zero-order chi connectivity index (χ0) is 13.1. The normalized spacial score (nSPS) is 16.6. The molecule has 0 aliphatic heterocycles. The predicted octanol–water partition coefficient (Wildman–Crippen LogP) is 4.13. The van der Waals surface area contributed by atoms with Gasteiger partial charge in [0.15, 0.2) is 0 Å². The van der Waals surface area contributed by atoms with Gasteiger partial charge in [0.25, 0.3) is 0 Å². The number of nitrogens with two attached hydrogens (primary N) is 1. The van der Waals surface area contributed by atoms with Gasteiger partial charge in [-0.3, -0.25) is 0 Å². The Morgan fingerprint density at radius 2 is 2.06 bits per heavy atom. The Hall–Kier alpha value is -0.890. The summed E-state index contributed by atoms with van der Waals surface area (Å²) >= 11 is 0. The molecule has 1 rings (SSSR count). The van der Waals surface area contributed by atoms with Crippen LogP contribution in [0.1, 0.15) is 51.2 Å². The third kappa shape index (κ3) is 3.81. The van der Waals surface area contributed by atoms with Crippen LogP contribution in [0.5, 0.6) is 0 Å². The lowest BCUT2D eigenvalue weighted by atomic mass is 9.83. The Balaban J connectivity index is 2.84. The maximum atomic E-state index is 13.5. The quantitative estimate of drug-likeness (QED) is 0.818. The number of benzene rings is 1. The van der Waals surface area contributed by atoms with Gasteiger partial charge in [0.05, 0.1) is 0 Å². The molecule has 0 spiro atoms. The highest BCUT2D eigenvalue weighted by molar-refractivity contribution is 5.28. The molecule has 0 heterocycles. The smallest absolute Gasteiger partial charge is 0.126 e. The molecule has 0 fully saturated rings.